The first-order valence-electron chi connectivity index (χ1n) is 4.97. The molecule has 1 heterocycles. The molecule has 0 aromatic carbocycles. The summed E-state index contributed by atoms with van der Waals surface area (Å²) in [6.07, 6.45) is 1.79. The van der Waals surface area contributed by atoms with E-state index in [4.69, 9.17) is 21.4 Å². The fraction of sp³-hybridized carbons (Fsp3) is 0.700. The Labute approximate surface area is 94.5 Å². The maximum absolute atomic E-state index is 10.3. The number of likely N-dealkylation sites (tertiary alicyclic amines) is 1. The molecule has 0 aliphatic carbocycles. The average Bonchev–Trinajstić information content (AvgIpc) is 2.16. The van der Waals surface area contributed by atoms with Crippen LogP contribution in [0.2, 0.25) is 0 Å². The van der Waals surface area contributed by atoms with Crippen LogP contribution in [0, 0.1) is 0 Å². The van der Waals surface area contributed by atoms with Crippen molar-refractivity contribution in [2.24, 2.45) is 0 Å². The highest BCUT2D eigenvalue weighted by atomic mass is 35.5. The van der Waals surface area contributed by atoms with E-state index in [9.17, 15) is 4.79 Å². The Kier molecular flexibility index (Phi) is 5.08. The highest BCUT2D eigenvalue weighted by molar-refractivity contribution is 6.29. The molecule has 1 aliphatic heterocycles. The van der Waals surface area contributed by atoms with Crippen molar-refractivity contribution in [3.63, 3.8) is 0 Å². The van der Waals surface area contributed by atoms with E-state index in [2.05, 4.69) is 11.5 Å². The van der Waals surface area contributed by atoms with Crippen LogP contribution in [0.5, 0.6) is 0 Å². The number of ether oxygens (including phenoxy) is 1. The van der Waals surface area contributed by atoms with Gasteiger partial charge in [0, 0.05) is 24.7 Å². The van der Waals surface area contributed by atoms with Gasteiger partial charge in [-0.2, -0.15) is 0 Å². The zero-order valence-electron chi connectivity index (χ0n) is 8.62. The lowest BCUT2D eigenvalue weighted by molar-refractivity contribution is -0.145. The van der Waals surface area contributed by atoms with E-state index in [-0.39, 0.29) is 12.7 Å². The summed E-state index contributed by atoms with van der Waals surface area (Å²) >= 11 is 5.71. The number of nitrogens with zero attached hydrogens (tertiary/aromatic N) is 1. The first-order chi connectivity index (χ1) is 7.08. The summed E-state index contributed by atoms with van der Waals surface area (Å²) in [5.41, 5.74) is 0. The van der Waals surface area contributed by atoms with Crippen LogP contribution in [-0.2, 0) is 9.53 Å². The lowest BCUT2D eigenvalue weighted by Gasteiger charge is -2.31. The van der Waals surface area contributed by atoms with Crippen molar-refractivity contribution >= 4 is 17.6 Å². The quantitative estimate of drug-likeness (QED) is 0.778. The fourth-order valence-corrected chi connectivity index (χ4v) is 1.83. The third-order valence-electron chi connectivity index (χ3n) is 2.37. The minimum absolute atomic E-state index is 0.0703. The third-order valence-corrected chi connectivity index (χ3v) is 2.49. The lowest BCUT2D eigenvalue weighted by Crippen LogP contribution is -2.38. The molecule has 0 radical (unpaired) electrons. The summed E-state index contributed by atoms with van der Waals surface area (Å²) in [4.78, 5) is 12.5. The molecule has 0 amide bonds. The van der Waals surface area contributed by atoms with Crippen LogP contribution in [0.4, 0.5) is 0 Å². The van der Waals surface area contributed by atoms with Gasteiger partial charge in [-0.1, -0.05) is 18.2 Å². The van der Waals surface area contributed by atoms with Crippen LogP contribution in [0.25, 0.3) is 0 Å². The molecule has 4 nitrogen and oxygen atoms in total. The summed E-state index contributed by atoms with van der Waals surface area (Å²) in [6, 6.07) is 0. The number of carbonyl (C=O) groups is 1. The molecule has 5 heteroatoms. The molecule has 0 unspecified atom stereocenters. The van der Waals surface area contributed by atoms with Crippen molar-refractivity contribution in [2.75, 3.05) is 26.2 Å². The van der Waals surface area contributed by atoms with Gasteiger partial charge < -0.3 is 9.84 Å². The number of halogens is 1. The Morgan fingerprint density at radius 3 is 2.60 bits per heavy atom. The number of hydrogen-bond donors (Lipinski definition) is 1. The van der Waals surface area contributed by atoms with Crippen molar-refractivity contribution in [1.29, 1.82) is 0 Å². The number of hydrogen-bond acceptors (Lipinski definition) is 3. The second-order valence-corrected chi connectivity index (χ2v) is 4.23. The van der Waals surface area contributed by atoms with Gasteiger partial charge in [0.25, 0.3) is 0 Å². The Bertz CT molecular complexity index is 237. The van der Waals surface area contributed by atoms with Crippen molar-refractivity contribution < 1.29 is 14.6 Å². The molecular formula is C10H16ClNO3. The average molecular weight is 234 g/mol. The van der Waals surface area contributed by atoms with Crippen LogP contribution in [0.15, 0.2) is 11.6 Å². The van der Waals surface area contributed by atoms with E-state index in [0.29, 0.717) is 11.6 Å². The van der Waals surface area contributed by atoms with Gasteiger partial charge in [0.15, 0.2) is 0 Å². The van der Waals surface area contributed by atoms with E-state index in [1.165, 1.54) is 0 Å². The molecule has 86 valence electrons. The molecular weight excluding hydrogens is 218 g/mol. The summed E-state index contributed by atoms with van der Waals surface area (Å²) in [5, 5.41) is 9.09. The number of piperidine rings is 1. The van der Waals surface area contributed by atoms with Gasteiger partial charge in [-0.15, -0.1) is 0 Å². The van der Waals surface area contributed by atoms with Gasteiger partial charge in [-0.05, 0) is 12.8 Å². The highest BCUT2D eigenvalue weighted by Gasteiger charge is 2.20. The number of aliphatic carboxylic acids is 1. The van der Waals surface area contributed by atoms with Crippen LogP contribution in [0.3, 0.4) is 0 Å². The first kappa shape index (κ1) is 12.5. The maximum Gasteiger partial charge on any atom is 0.329 e. The summed E-state index contributed by atoms with van der Waals surface area (Å²) in [7, 11) is 0. The van der Waals surface area contributed by atoms with Gasteiger partial charge in [-0.25, -0.2) is 4.79 Å². The monoisotopic (exact) mass is 233 g/mol. The van der Waals surface area contributed by atoms with Gasteiger partial charge in [0.2, 0.25) is 0 Å². The molecule has 0 saturated carbocycles. The van der Waals surface area contributed by atoms with Gasteiger partial charge >= 0.3 is 5.97 Å². The van der Waals surface area contributed by atoms with Crippen molar-refractivity contribution in [2.45, 2.75) is 18.9 Å². The maximum atomic E-state index is 10.3. The molecule has 1 fully saturated rings. The predicted molar refractivity (Wildman–Crippen MR) is 58.0 cm³/mol. The van der Waals surface area contributed by atoms with E-state index in [1.807, 2.05) is 0 Å². The molecule has 1 N–H and O–H groups in total. The Morgan fingerprint density at radius 2 is 2.13 bits per heavy atom. The standard InChI is InChI=1S/C10H16ClNO3/c1-8(11)6-12-4-2-9(3-5-12)15-7-10(13)14/h9H,1-7H2,(H,13,14). The molecule has 1 aliphatic rings. The summed E-state index contributed by atoms with van der Waals surface area (Å²) in [6.45, 7) is 5.91. The molecule has 0 atom stereocenters. The zero-order valence-corrected chi connectivity index (χ0v) is 9.37. The Morgan fingerprint density at radius 1 is 1.53 bits per heavy atom. The number of carboxylic acid groups (broad SMARTS) is 1. The van der Waals surface area contributed by atoms with E-state index in [1.54, 1.807) is 0 Å². The molecule has 0 bridgehead atoms. The first-order valence-corrected chi connectivity index (χ1v) is 5.34. The number of carboxylic acids is 1. The van der Waals surface area contributed by atoms with E-state index < -0.39 is 5.97 Å². The summed E-state index contributed by atoms with van der Waals surface area (Å²) < 4.78 is 5.22. The zero-order chi connectivity index (χ0) is 11.3. The van der Waals surface area contributed by atoms with Crippen LogP contribution in [0.1, 0.15) is 12.8 Å². The number of rotatable bonds is 5. The van der Waals surface area contributed by atoms with Crippen LogP contribution in [-0.4, -0.2) is 48.3 Å². The smallest absolute Gasteiger partial charge is 0.329 e. The highest BCUT2D eigenvalue weighted by Crippen LogP contribution is 2.15. The minimum Gasteiger partial charge on any atom is -0.480 e. The topological polar surface area (TPSA) is 49.8 Å². The van der Waals surface area contributed by atoms with Gasteiger partial charge in [0.05, 0.1) is 6.10 Å². The van der Waals surface area contributed by atoms with Crippen molar-refractivity contribution in [3.8, 4) is 0 Å². The molecule has 0 aromatic heterocycles. The molecule has 15 heavy (non-hydrogen) atoms. The van der Waals surface area contributed by atoms with Crippen molar-refractivity contribution in [3.05, 3.63) is 11.6 Å². The van der Waals surface area contributed by atoms with Crippen LogP contribution >= 0.6 is 11.6 Å². The third kappa shape index (κ3) is 5.16. The van der Waals surface area contributed by atoms with Gasteiger partial charge in [-0.3, -0.25) is 4.90 Å². The Hall–Kier alpha value is -0.580. The van der Waals surface area contributed by atoms with Gasteiger partial charge in [0.1, 0.15) is 6.61 Å². The molecule has 1 rings (SSSR count). The lowest BCUT2D eigenvalue weighted by atomic mass is 10.1. The molecule has 0 aromatic rings. The second-order valence-electron chi connectivity index (χ2n) is 3.70. The van der Waals surface area contributed by atoms with E-state index in [0.717, 1.165) is 25.9 Å². The molecule has 0 spiro atoms. The van der Waals surface area contributed by atoms with E-state index >= 15 is 0 Å². The SMILES string of the molecule is C=C(Cl)CN1CCC(OCC(=O)O)CC1. The fourth-order valence-electron chi connectivity index (χ4n) is 1.67. The normalized spacial score (nSPS) is 19.0. The minimum atomic E-state index is -0.911. The Balaban J connectivity index is 2.18. The summed E-state index contributed by atoms with van der Waals surface area (Å²) in [5.74, 6) is -0.911. The molecule has 1 saturated heterocycles. The predicted octanol–water partition coefficient (Wildman–Crippen LogP) is 1.30. The largest absolute Gasteiger partial charge is 0.480 e. The van der Waals surface area contributed by atoms with Crippen molar-refractivity contribution in [1.82, 2.24) is 4.90 Å². The second kappa shape index (κ2) is 6.10. The van der Waals surface area contributed by atoms with Crippen LogP contribution < -0.4 is 0 Å².